The van der Waals surface area contributed by atoms with Crippen molar-refractivity contribution in [2.45, 2.75) is 20.4 Å². The largest absolute Gasteiger partial charge is 0.473 e. The van der Waals surface area contributed by atoms with Gasteiger partial charge in [-0.1, -0.05) is 39.7 Å². The minimum Gasteiger partial charge on any atom is -0.473 e. The minimum atomic E-state index is -0.282. The average molecular weight is 398 g/mol. The number of carbonyl (C=O) groups excluding carboxylic acids is 1. The number of aryl methyl sites for hydroxylation is 2. The molecule has 23 heavy (non-hydrogen) atoms. The van der Waals surface area contributed by atoms with E-state index in [2.05, 4.69) is 26.6 Å². The Labute approximate surface area is 149 Å². The SMILES string of the molecule is Cc1cc(OCNC(=O)NCc2ccc(Br)cc2)cc(C)c1Cl. The molecular weight excluding hydrogens is 380 g/mol. The van der Waals surface area contributed by atoms with Crippen LogP contribution in [0.2, 0.25) is 5.02 Å². The van der Waals surface area contributed by atoms with Crippen molar-refractivity contribution in [3.63, 3.8) is 0 Å². The van der Waals surface area contributed by atoms with Crippen molar-refractivity contribution in [1.82, 2.24) is 10.6 Å². The highest BCUT2D eigenvalue weighted by Crippen LogP contribution is 2.25. The molecule has 2 amide bonds. The van der Waals surface area contributed by atoms with E-state index in [4.69, 9.17) is 16.3 Å². The van der Waals surface area contributed by atoms with Crippen LogP contribution in [0, 0.1) is 13.8 Å². The molecule has 0 radical (unpaired) electrons. The van der Waals surface area contributed by atoms with E-state index < -0.39 is 0 Å². The summed E-state index contributed by atoms with van der Waals surface area (Å²) in [6, 6.07) is 11.2. The van der Waals surface area contributed by atoms with E-state index in [9.17, 15) is 4.79 Å². The second-order valence-corrected chi connectivity index (χ2v) is 6.44. The zero-order chi connectivity index (χ0) is 16.8. The molecule has 122 valence electrons. The van der Waals surface area contributed by atoms with Crippen LogP contribution in [0.15, 0.2) is 40.9 Å². The molecular formula is C17H18BrClN2O2. The minimum absolute atomic E-state index is 0.0900. The van der Waals surface area contributed by atoms with Crippen LogP contribution in [0.5, 0.6) is 5.75 Å². The summed E-state index contributed by atoms with van der Waals surface area (Å²) in [4.78, 5) is 11.7. The van der Waals surface area contributed by atoms with Crippen LogP contribution in [-0.4, -0.2) is 12.8 Å². The second kappa shape index (κ2) is 8.22. The van der Waals surface area contributed by atoms with Gasteiger partial charge in [0, 0.05) is 16.0 Å². The summed E-state index contributed by atoms with van der Waals surface area (Å²) in [6.07, 6.45) is 0. The molecule has 0 bridgehead atoms. The lowest BCUT2D eigenvalue weighted by molar-refractivity contribution is 0.223. The standard InChI is InChI=1S/C17H18BrClN2O2/c1-11-7-15(8-12(2)16(11)19)23-10-21-17(22)20-9-13-3-5-14(18)6-4-13/h3-8H,9-10H2,1-2H3,(H2,20,21,22). The molecule has 6 heteroatoms. The zero-order valence-corrected chi connectivity index (χ0v) is 15.3. The van der Waals surface area contributed by atoms with Crippen LogP contribution < -0.4 is 15.4 Å². The molecule has 2 rings (SSSR count). The number of hydrogen-bond donors (Lipinski definition) is 2. The fourth-order valence-electron chi connectivity index (χ4n) is 2.02. The number of nitrogens with one attached hydrogen (secondary N) is 2. The Balaban J connectivity index is 1.75. The van der Waals surface area contributed by atoms with Crippen LogP contribution in [0.1, 0.15) is 16.7 Å². The molecule has 0 saturated carbocycles. The number of ether oxygens (including phenoxy) is 1. The third kappa shape index (κ3) is 5.44. The zero-order valence-electron chi connectivity index (χ0n) is 13.0. The topological polar surface area (TPSA) is 50.4 Å². The van der Waals surface area contributed by atoms with Gasteiger partial charge in [-0.15, -0.1) is 0 Å². The molecule has 0 aliphatic heterocycles. The molecule has 0 unspecified atom stereocenters. The van der Waals surface area contributed by atoms with Crippen molar-refractivity contribution in [1.29, 1.82) is 0 Å². The first-order valence-electron chi connectivity index (χ1n) is 7.11. The van der Waals surface area contributed by atoms with Gasteiger partial charge < -0.3 is 15.4 Å². The number of benzene rings is 2. The summed E-state index contributed by atoms with van der Waals surface area (Å²) < 4.78 is 6.53. The highest BCUT2D eigenvalue weighted by atomic mass is 79.9. The molecule has 2 N–H and O–H groups in total. The molecule has 2 aromatic carbocycles. The van der Waals surface area contributed by atoms with Gasteiger partial charge in [0.1, 0.15) is 5.75 Å². The Bertz CT molecular complexity index is 666. The highest BCUT2D eigenvalue weighted by molar-refractivity contribution is 9.10. The smallest absolute Gasteiger partial charge is 0.317 e. The monoisotopic (exact) mass is 396 g/mol. The Hall–Kier alpha value is -1.72. The van der Waals surface area contributed by atoms with Crippen LogP contribution in [0.4, 0.5) is 4.79 Å². The summed E-state index contributed by atoms with van der Waals surface area (Å²) in [5, 5.41) is 6.16. The van der Waals surface area contributed by atoms with Crippen molar-refractivity contribution in [2.75, 3.05) is 6.73 Å². The maximum atomic E-state index is 11.7. The van der Waals surface area contributed by atoms with Gasteiger partial charge in [-0.2, -0.15) is 0 Å². The van der Waals surface area contributed by atoms with Gasteiger partial charge in [0.15, 0.2) is 6.73 Å². The second-order valence-electron chi connectivity index (χ2n) is 5.15. The molecule has 0 fully saturated rings. The summed E-state index contributed by atoms with van der Waals surface area (Å²) in [7, 11) is 0. The quantitative estimate of drug-likeness (QED) is 0.727. The van der Waals surface area contributed by atoms with Crippen molar-refractivity contribution in [2.24, 2.45) is 0 Å². The lowest BCUT2D eigenvalue weighted by Gasteiger charge is -2.11. The van der Waals surface area contributed by atoms with Gasteiger partial charge in [0.2, 0.25) is 0 Å². The molecule has 0 aliphatic carbocycles. The van der Waals surface area contributed by atoms with Crippen molar-refractivity contribution in [3.8, 4) is 5.75 Å². The lowest BCUT2D eigenvalue weighted by Crippen LogP contribution is -2.37. The molecule has 0 spiro atoms. The van der Waals surface area contributed by atoms with Crippen molar-refractivity contribution in [3.05, 3.63) is 62.6 Å². The average Bonchev–Trinajstić information content (AvgIpc) is 2.52. The van der Waals surface area contributed by atoms with Gasteiger partial charge in [-0.05, 0) is 54.8 Å². The van der Waals surface area contributed by atoms with E-state index in [1.807, 2.05) is 50.2 Å². The fraction of sp³-hybridized carbons (Fsp3) is 0.235. The first-order chi connectivity index (χ1) is 11.0. The summed E-state index contributed by atoms with van der Waals surface area (Å²) >= 11 is 9.48. The van der Waals surface area contributed by atoms with Crippen molar-refractivity contribution >= 4 is 33.6 Å². The molecule has 0 atom stereocenters. The van der Waals surface area contributed by atoms with E-state index in [0.717, 1.165) is 26.2 Å². The van der Waals surface area contributed by atoms with Crippen LogP contribution in [-0.2, 0) is 6.54 Å². The van der Waals surface area contributed by atoms with Crippen LogP contribution in [0.3, 0.4) is 0 Å². The predicted octanol–water partition coefficient (Wildman–Crippen LogP) is 4.56. The van der Waals surface area contributed by atoms with E-state index >= 15 is 0 Å². The summed E-state index contributed by atoms with van der Waals surface area (Å²) in [5.41, 5.74) is 2.91. The molecule has 4 nitrogen and oxygen atoms in total. The van der Waals surface area contributed by atoms with Crippen molar-refractivity contribution < 1.29 is 9.53 Å². The van der Waals surface area contributed by atoms with E-state index in [1.54, 1.807) is 0 Å². The van der Waals surface area contributed by atoms with Gasteiger partial charge in [0.05, 0.1) is 0 Å². The molecule has 0 saturated heterocycles. The Kier molecular flexibility index (Phi) is 6.30. The maximum Gasteiger partial charge on any atom is 0.317 e. The number of urea groups is 1. The Morgan fingerprint density at radius 2 is 1.74 bits per heavy atom. The normalized spacial score (nSPS) is 10.3. The molecule has 0 heterocycles. The maximum absolute atomic E-state index is 11.7. The number of halogens is 2. The fourth-order valence-corrected chi connectivity index (χ4v) is 2.40. The molecule has 0 aliphatic rings. The third-order valence-electron chi connectivity index (χ3n) is 3.25. The summed E-state index contributed by atoms with van der Waals surface area (Å²) in [6.45, 7) is 4.38. The molecule has 2 aromatic rings. The summed E-state index contributed by atoms with van der Waals surface area (Å²) in [5.74, 6) is 0.678. The van der Waals surface area contributed by atoms with E-state index in [-0.39, 0.29) is 12.8 Å². The van der Waals surface area contributed by atoms with Gasteiger partial charge >= 0.3 is 6.03 Å². The number of hydrogen-bond acceptors (Lipinski definition) is 2. The van der Waals surface area contributed by atoms with Gasteiger partial charge in [-0.25, -0.2) is 4.79 Å². The van der Waals surface area contributed by atoms with Crippen LogP contribution in [0.25, 0.3) is 0 Å². The predicted molar refractivity (Wildman–Crippen MR) is 95.9 cm³/mol. The Morgan fingerprint density at radius 3 is 2.35 bits per heavy atom. The van der Waals surface area contributed by atoms with Crippen LogP contribution >= 0.6 is 27.5 Å². The third-order valence-corrected chi connectivity index (χ3v) is 4.37. The highest BCUT2D eigenvalue weighted by Gasteiger charge is 2.04. The number of carbonyl (C=O) groups is 1. The van der Waals surface area contributed by atoms with E-state index in [0.29, 0.717) is 12.3 Å². The number of amides is 2. The number of rotatable bonds is 5. The first kappa shape index (κ1) is 17.6. The molecule has 0 aromatic heterocycles. The Morgan fingerprint density at radius 1 is 1.13 bits per heavy atom. The van der Waals surface area contributed by atoms with Gasteiger partial charge in [-0.3, -0.25) is 0 Å². The first-order valence-corrected chi connectivity index (χ1v) is 8.28. The van der Waals surface area contributed by atoms with E-state index in [1.165, 1.54) is 0 Å². The van der Waals surface area contributed by atoms with Gasteiger partial charge in [0.25, 0.3) is 0 Å². The lowest BCUT2D eigenvalue weighted by atomic mass is 10.1.